The lowest BCUT2D eigenvalue weighted by Crippen LogP contribution is -2.49. The van der Waals surface area contributed by atoms with E-state index in [0.29, 0.717) is 11.3 Å². The summed E-state index contributed by atoms with van der Waals surface area (Å²) in [5.41, 5.74) is 2.24. The maximum Gasteiger partial charge on any atom is 0.242 e. The van der Waals surface area contributed by atoms with Crippen LogP contribution in [0.2, 0.25) is 0 Å². The van der Waals surface area contributed by atoms with Gasteiger partial charge in [0.2, 0.25) is 21.8 Å². The van der Waals surface area contributed by atoms with Crippen molar-refractivity contribution in [3.8, 4) is 0 Å². The third kappa shape index (κ3) is 8.13. The highest BCUT2D eigenvalue weighted by atomic mass is 32.2. The molecule has 0 aliphatic rings. The van der Waals surface area contributed by atoms with Crippen molar-refractivity contribution in [1.82, 2.24) is 10.2 Å². The van der Waals surface area contributed by atoms with Crippen LogP contribution in [0.25, 0.3) is 0 Å². The molecule has 7 nitrogen and oxygen atoms in total. The molecule has 1 N–H and O–H groups in total. The first-order valence-corrected chi connectivity index (χ1v) is 13.1. The standard InChI is InChI=1S/C25H34FN3O4S/c1-18(2)27-25(31)20(4)28(17-21-10-12-22(26)13-11-21)24(30)7-6-16-29(34(5,32)33)23-14-8-19(3)9-15-23/h8-15,18,20H,6-7,16-17H2,1-5H3,(H,27,31)/t20-/m0/s1. The quantitative estimate of drug-likeness (QED) is 0.520. The third-order valence-corrected chi connectivity index (χ3v) is 6.53. The molecule has 0 saturated heterocycles. The molecule has 0 unspecified atom stereocenters. The van der Waals surface area contributed by atoms with E-state index >= 15 is 0 Å². The molecule has 0 saturated carbocycles. The molecule has 2 amide bonds. The molecule has 0 radical (unpaired) electrons. The number of halogens is 1. The first-order valence-electron chi connectivity index (χ1n) is 11.3. The van der Waals surface area contributed by atoms with Crippen LogP contribution in [-0.4, -0.2) is 50.0 Å². The van der Waals surface area contributed by atoms with Gasteiger partial charge in [0, 0.05) is 25.6 Å². The monoisotopic (exact) mass is 491 g/mol. The number of carbonyl (C=O) groups is 2. The molecule has 2 rings (SSSR count). The molecule has 186 valence electrons. The van der Waals surface area contributed by atoms with E-state index in [1.54, 1.807) is 31.2 Å². The SMILES string of the molecule is Cc1ccc(N(CCCC(=O)N(Cc2ccc(F)cc2)[C@@H](C)C(=O)NC(C)C)S(C)(=O)=O)cc1. The molecule has 0 aliphatic heterocycles. The number of hydrogen-bond acceptors (Lipinski definition) is 4. The molecular formula is C25H34FN3O4S. The zero-order valence-electron chi connectivity index (χ0n) is 20.4. The fourth-order valence-electron chi connectivity index (χ4n) is 3.49. The zero-order valence-corrected chi connectivity index (χ0v) is 21.2. The minimum absolute atomic E-state index is 0.0539. The van der Waals surface area contributed by atoms with Crippen LogP contribution < -0.4 is 9.62 Å². The lowest BCUT2D eigenvalue weighted by Gasteiger charge is -2.30. The number of sulfonamides is 1. The van der Waals surface area contributed by atoms with Gasteiger partial charge < -0.3 is 10.2 Å². The summed E-state index contributed by atoms with van der Waals surface area (Å²) in [4.78, 5) is 27.2. The Kier molecular flexibility index (Phi) is 9.61. The van der Waals surface area contributed by atoms with Crippen LogP contribution >= 0.6 is 0 Å². The second-order valence-electron chi connectivity index (χ2n) is 8.76. The number of amides is 2. The van der Waals surface area contributed by atoms with E-state index in [0.717, 1.165) is 11.8 Å². The largest absolute Gasteiger partial charge is 0.352 e. The molecule has 34 heavy (non-hydrogen) atoms. The van der Waals surface area contributed by atoms with Crippen LogP contribution in [0.3, 0.4) is 0 Å². The van der Waals surface area contributed by atoms with Gasteiger partial charge in [-0.1, -0.05) is 29.8 Å². The van der Waals surface area contributed by atoms with E-state index in [2.05, 4.69) is 5.32 Å². The van der Waals surface area contributed by atoms with Gasteiger partial charge >= 0.3 is 0 Å². The summed E-state index contributed by atoms with van der Waals surface area (Å²) >= 11 is 0. The molecule has 0 aromatic heterocycles. The van der Waals surface area contributed by atoms with Crippen molar-refractivity contribution in [1.29, 1.82) is 0 Å². The average molecular weight is 492 g/mol. The zero-order chi connectivity index (χ0) is 25.5. The van der Waals surface area contributed by atoms with Gasteiger partial charge in [-0.3, -0.25) is 13.9 Å². The maximum absolute atomic E-state index is 13.3. The van der Waals surface area contributed by atoms with Crippen molar-refractivity contribution in [2.75, 3.05) is 17.1 Å². The van der Waals surface area contributed by atoms with Gasteiger partial charge in [-0.25, -0.2) is 12.8 Å². The number of hydrogen-bond donors (Lipinski definition) is 1. The Morgan fingerprint density at radius 2 is 1.59 bits per heavy atom. The molecule has 1 atom stereocenters. The Morgan fingerprint density at radius 1 is 1.00 bits per heavy atom. The minimum atomic E-state index is -3.54. The molecule has 0 fully saturated rings. The molecule has 0 spiro atoms. The number of anilines is 1. The van der Waals surface area contributed by atoms with Crippen molar-refractivity contribution in [3.05, 3.63) is 65.5 Å². The second-order valence-corrected chi connectivity index (χ2v) is 10.7. The lowest BCUT2D eigenvalue weighted by atomic mass is 10.1. The Morgan fingerprint density at radius 3 is 2.12 bits per heavy atom. The summed E-state index contributed by atoms with van der Waals surface area (Å²) < 4.78 is 39.3. The topological polar surface area (TPSA) is 86.8 Å². The number of nitrogens with zero attached hydrogens (tertiary/aromatic N) is 2. The molecule has 0 bridgehead atoms. The summed E-state index contributed by atoms with van der Waals surface area (Å²) in [6, 6.07) is 12.1. The number of carbonyl (C=O) groups excluding carboxylic acids is 2. The van der Waals surface area contributed by atoms with E-state index in [1.165, 1.54) is 21.3 Å². The predicted octanol–water partition coefficient (Wildman–Crippen LogP) is 3.62. The molecule has 2 aromatic rings. The molecule has 9 heteroatoms. The van der Waals surface area contributed by atoms with Gasteiger partial charge in [0.05, 0.1) is 11.9 Å². The summed E-state index contributed by atoms with van der Waals surface area (Å²) in [5.74, 6) is -0.958. The Labute approximate surface area is 202 Å². The van der Waals surface area contributed by atoms with Crippen LogP contribution in [0, 0.1) is 12.7 Å². The van der Waals surface area contributed by atoms with Crippen molar-refractivity contribution in [2.24, 2.45) is 0 Å². The van der Waals surface area contributed by atoms with Crippen molar-refractivity contribution in [2.45, 2.75) is 59.2 Å². The molecule has 2 aromatic carbocycles. The highest BCUT2D eigenvalue weighted by Crippen LogP contribution is 2.20. The van der Waals surface area contributed by atoms with E-state index in [9.17, 15) is 22.4 Å². The van der Waals surface area contributed by atoms with Crippen LogP contribution in [0.4, 0.5) is 10.1 Å². The van der Waals surface area contributed by atoms with Gasteiger partial charge in [0.15, 0.2) is 0 Å². The number of benzene rings is 2. The van der Waals surface area contributed by atoms with Gasteiger partial charge in [0.25, 0.3) is 0 Å². The van der Waals surface area contributed by atoms with E-state index in [1.807, 2.05) is 32.9 Å². The van der Waals surface area contributed by atoms with Gasteiger partial charge in [0.1, 0.15) is 11.9 Å². The fraction of sp³-hybridized carbons (Fsp3) is 0.440. The Bertz CT molecular complexity index is 1070. The number of rotatable bonds is 11. The normalized spacial score (nSPS) is 12.3. The third-order valence-electron chi connectivity index (χ3n) is 5.34. The predicted molar refractivity (Wildman–Crippen MR) is 132 cm³/mol. The van der Waals surface area contributed by atoms with Gasteiger partial charge in [-0.2, -0.15) is 0 Å². The van der Waals surface area contributed by atoms with Gasteiger partial charge in [-0.15, -0.1) is 0 Å². The first-order chi connectivity index (χ1) is 15.9. The van der Waals surface area contributed by atoms with Crippen molar-refractivity contribution >= 4 is 27.5 Å². The summed E-state index contributed by atoms with van der Waals surface area (Å²) in [7, 11) is -3.54. The first kappa shape index (κ1) is 27.3. The number of nitrogens with one attached hydrogen (secondary N) is 1. The number of aryl methyl sites for hydroxylation is 1. The minimum Gasteiger partial charge on any atom is -0.352 e. The van der Waals surface area contributed by atoms with Crippen molar-refractivity contribution in [3.63, 3.8) is 0 Å². The summed E-state index contributed by atoms with van der Waals surface area (Å²) in [6.45, 7) is 7.50. The van der Waals surface area contributed by atoms with E-state index in [-0.39, 0.29) is 49.6 Å². The molecule has 0 heterocycles. The van der Waals surface area contributed by atoms with Crippen LogP contribution in [0.5, 0.6) is 0 Å². The molecular weight excluding hydrogens is 457 g/mol. The van der Waals surface area contributed by atoms with Crippen LogP contribution in [-0.2, 0) is 26.2 Å². The fourth-order valence-corrected chi connectivity index (χ4v) is 4.45. The van der Waals surface area contributed by atoms with Crippen molar-refractivity contribution < 1.29 is 22.4 Å². The van der Waals surface area contributed by atoms with Crippen LogP contribution in [0.15, 0.2) is 48.5 Å². The molecule has 0 aliphatic carbocycles. The highest BCUT2D eigenvalue weighted by molar-refractivity contribution is 7.92. The Hall–Kier alpha value is -2.94. The maximum atomic E-state index is 13.3. The van der Waals surface area contributed by atoms with E-state index < -0.39 is 16.1 Å². The van der Waals surface area contributed by atoms with E-state index in [4.69, 9.17) is 0 Å². The average Bonchev–Trinajstić information content (AvgIpc) is 2.75. The van der Waals surface area contributed by atoms with Crippen LogP contribution in [0.1, 0.15) is 44.7 Å². The Balaban J connectivity index is 2.15. The van der Waals surface area contributed by atoms with Gasteiger partial charge in [-0.05, 0) is 63.9 Å². The summed E-state index contributed by atoms with van der Waals surface area (Å²) in [6.07, 6.45) is 1.46. The second kappa shape index (κ2) is 12.0. The summed E-state index contributed by atoms with van der Waals surface area (Å²) in [5, 5.41) is 2.81. The smallest absolute Gasteiger partial charge is 0.242 e. The lowest BCUT2D eigenvalue weighted by molar-refractivity contribution is -0.140. The highest BCUT2D eigenvalue weighted by Gasteiger charge is 2.27.